The lowest BCUT2D eigenvalue weighted by atomic mass is 10.1. The van der Waals surface area contributed by atoms with Crippen molar-refractivity contribution < 1.29 is 14.0 Å². The number of nitrogens with zero attached hydrogens (tertiary/aromatic N) is 1. The molecule has 0 aliphatic carbocycles. The van der Waals surface area contributed by atoms with Crippen molar-refractivity contribution in [3.05, 3.63) is 135 Å². The van der Waals surface area contributed by atoms with Crippen molar-refractivity contribution in [2.75, 3.05) is 4.90 Å². The minimum Gasteiger partial charge on any atom is -0.348 e. The van der Waals surface area contributed by atoms with E-state index in [1.807, 2.05) is 66.7 Å². The molecule has 0 aromatic heterocycles. The highest BCUT2D eigenvalue weighted by atomic mass is 35.5. The molecule has 0 saturated heterocycles. The van der Waals surface area contributed by atoms with Crippen LogP contribution < -0.4 is 10.2 Å². The summed E-state index contributed by atoms with van der Waals surface area (Å²) < 4.78 is 13.1. The summed E-state index contributed by atoms with van der Waals surface area (Å²) in [7, 11) is 0. The largest absolute Gasteiger partial charge is 0.348 e. The fraction of sp³-hybridized carbons (Fsp3) is 0.0667. The van der Waals surface area contributed by atoms with Crippen molar-refractivity contribution in [2.24, 2.45) is 0 Å². The number of hydrogen-bond donors (Lipinski definition) is 1. The van der Waals surface area contributed by atoms with E-state index in [4.69, 9.17) is 11.6 Å². The number of amides is 2. The Hall–Kier alpha value is -3.87. The number of benzene rings is 4. The Bertz CT molecular complexity index is 1490. The second-order valence-electron chi connectivity index (χ2n) is 8.53. The van der Waals surface area contributed by atoms with E-state index in [0.717, 1.165) is 27.3 Å². The molecule has 4 aromatic rings. The topological polar surface area (TPSA) is 49.4 Å². The average molecular weight is 529 g/mol. The molecule has 5 rings (SSSR count). The fourth-order valence-corrected chi connectivity index (χ4v) is 5.28. The van der Waals surface area contributed by atoms with Crippen LogP contribution in [0.1, 0.15) is 27.0 Å². The Morgan fingerprint density at radius 3 is 2.43 bits per heavy atom. The highest BCUT2D eigenvalue weighted by Gasteiger charge is 2.29. The first kappa shape index (κ1) is 24.8. The molecule has 4 aromatic carbocycles. The molecule has 0 saturated carbocycles. The maximum Gasteiger partial charge on any atom is 0.265 e. The molecule has 0 atom stereocenters. The number of fused-ring (bicyclic) bond motifs is 1. The number of carbonyl (C=O) groups is 2. The Morgan fingerprint density at radius 2 is 1.68 bits per heavy atom. The first-order valence-corrected chi connectivity index (χ1v) is 12.8. The molecule has 0 unspecified atom stereocenters. The van der Waals surface area contributed by atoms with E-state index in [-0.39, 0.29) is 17.6 Å². The predicted molar refractivity (Wildman–Crippen MR) is 147 cm³/mol. The SMILES string of the molecule is O=C(NCc1ccc(F)cc1)c1ccc(C=C2Sc3ccccc3N(Cc3cccc(Cl)c3)C2=O)cc1. The van der Waals surface area contributed by atoms with Gasteiger partial charge < -0.3 is 10.2 Å². The summed E-state index contributed by atoms with van der Waals surface area (Å²) in [4.78, 5) is 29.4. The zero-order valence-corrected chi connectivity index (χ0v) is 21.2. The molecule has 7 heteroatoms. The van der Waals surface area contributed by atoms with Crippen molar-refractivity contribution in [2.45, 2.75) is 18.0 Å². The van der Waals surface area contributed by atoms with Gasteiger partial charge in [-0.2, -0.15) is 0 Å². The highest BCUT2D eigenvalue weighted by Crippen LogP contribution is 2.42. The number of anilines is 1. The van der Waals surface area contributed by atoms with E-state index in [0.29, 0.717) is 28.6 Å². The van der Waals surface area contributed by atoms with Crippen molar-refractivity contribution in [3.8, 4) is 0 Å². The van der Waals surface area contributed by atoms with Crippen LogP contribution in [0.4, 0.5) is 10.1 Å². The van der Waals surface area contributed by atoms with Gasteiger partial charge in [-0.25, -0.2) is 4.39 Å². The van der Waals surface area contributed by atoms with Crippen molar-refractivity contribution in [3.63, 3.8) is 0 Å². The van der Waals surface area contributed by atoms with E-state index >= 15 is 0 Å². The summed E-state index contributed by atoms with van der Waals surface area (Å²) in [5.74, 6) is -0.636. The molecule has 0 bridgehead atoms. The van der Waals surface area contributed by atoms with Gasteiger partial charge in [-0.15, -0.1) is 0 Å². The molecule has 37 heavy (non-hydrogen) atoms. The lowest BCUT2D eigenvalue weighted by molar-refractivity contribution is -0.114. The van der Waals surface area contributed by atoms with Crippen LogP contribution in [0.25, 0.3) is 6.08 Å². The normalized spacial score (nSPS) is 13.9. The zero-order valence-electron chi connectivity index (χ0n) is 19.7. The number of nitrogens with one attached hydrogen (secondary N) is 1. The van der Waals surface area contributed by atoms with E-state index < -0.39 is 0 Å². The summed E-state index contributed by atoms with van der Waals surface area (Å²) in [6.45, 7) is 0.708. The number of hydrogen-bond acceptors (Lipinski definition) is 3. The standard InChI is InChI=1S/C30H22ClFN2O2S/c31-24-5-3-4-22(16-24)19-34-26-6-1-2-7-27(26)37-28(30(34)36)17-20-8-12-23(13-9-20)29(35)33-18-21-10-14-25(32)15-11-21/h1-17H,18-19H2,(H,33,35). The van der Waals surface area contributed by atoms with E-state index in [1.165, 1.54) is 23.9 Å². The molecule has 2 amide bonds. The van der Waals surface area contributed by atoms with Crippen LogP contribution in [0.2, 0.25) is 5.02 Å². The van der Waals surface area contributed by atoms with Crippen LogP contribution in [0.5, 0.6) is 0 Å². The van der Waals surface area contributed by atoms with Crippen LogP contribution >= 0.6 is 23.4 Å². The number of para-hydroxylation sites is 1. The number of halogens is 2. The van der Waals surface area contributed by atoms with Gasteiger partial charge in [0.25, 0.3) is 11.8 Å². The van der Waals surface area contributed by atoms with Gasteiger partial charge in [0.15, 0.2) is 0 Å². The van der Waals surface area contributed by atoms with Gasteiger partial charge in [-0.05, 0) is 71.3 Å². The van der Waals surface area contributed by atoms with Gasteiger partial charge in [0.1, 0.15) is 5.82 Å². The molecule has 0 spiro atoms. The monoisotopic (exact) mass is 528 g/mol. The van der Waals surface area contributed by atoms with Gasteiger partial charge in [0.05, 0.1) is 17.1 Å². The summed E-state index contributed by atoms with van der Waals surface area (Å²) in [5.41, 5.74) is 3.93. The minimum atomic E-state index is -0.314. The van der Waals surface area contributed by atoms with Crippen molar-refractivity contribution >= 4 is 46.9 Å². The van der Waals surface area contributed by atoms with Gasteiger partial charge in [0.2, 0.25) is 0 Å². The van der Waals surface area contributed by atoms with Gasteiger partial charge in [-0.1, -0.05) is 71.9 Å². The van der Waals surface area contributed by atoms with Crippen LogP contribution in [0, 0.1) is 5.82 Å². The van der Waals surface area contributed by atoms with Gasteiger partial charge in [0, 0.05) is 22.0 Å². The number of carbonyl (C=O) groups excluding carboxylic acids is 2. The Kier molecular flexibility index (Phi) is 7.40. The first-order chi connectivity index (χ1) is 18.0. The summed E-state index contributed by atoms with van der Waals surface area (Å²) in [6, 6.07) is 28.4. The molecule has 1 aliphatic heterocycles. The second kappa shape index (κ2) is 11.0. The van der Waals surface area contributed by atoms with Crippen LogP contribution in [0.15, 0.2) is 107 Å². The van der Waals surface area contributed by atoms with E-state index in [1.54, 1.807) is 29.2 Å². The molecule has 0 radical (unpaired) electrons. The quantitative estimate of drug-likeness (QED) is 0.272. The predicted octanol–water partition coefficient (Wildman–Crippen LogP) is 7.09. The van der Waals surface area contributed by atoms with Crippen LogP contribution in [-0.2, 0) is 17.9 Å². The van der Waals surface area contributed by atoms with E-state index in [2.05, 4.69) is 5.32 Å². The number of thioether (sulfide) groups is 1. The molecule has 1 N–H and O–H groups in total. The second-order valence-corrected chi connectivity index (χ2v) is 10.1. The van der Waals surface area contributed by atoms with Gasteiger partial charge in [-0.3, -0.25) is 9.59 Å². The molecular weight excluding hydrogens is 507 g/mol. The summed E-state index contributed by atoms with van der Waals surface area (Å²) in [5, 5.41) is 3.46. The molecule has 1 aliphatic rings. The molecule has 1 heterocycles. The Labute approximate surface area is 223 Å². The molecule has 0 fully saturated rings. The summed E-state index contributed by atoms with van der Waals surface area (Å²) >= 11 is 7.60. The lowest BCUT2D eigenvalue weighted by Crippen LogP contribution is -2.33. The van der Waals surface area contributed by atoms with Crippen molar-refractivity contribution in [1.82, 2.24) is 5.32 Å². The van der Waals surface area contributed by atoms with Gasteiger partial charge >= 0.3 is 0 Å². The Morgan fingerprint density at radius 1 is 0.919 bits per heavy atom. The maximum absolute atomic E-state index is 13.5. The average Bonchev–Trinajstić information content (AvgIpc) is 2.91. The smallest absolute Gasteiger partial charge is 0.265 e. The summed E-state index contributed by atoms with van der Waals surface area (Å²) in [6.07, 6.45) is 1.84. The number of rotatable bonds is 6. The van der Waals surface area contributed by atoms with Crippen LogP contribution in [-0.4, -0.2) is 11.8 Å². The third-order valence-electron chi connectivity index (χ3n) is 5.90. The molecular formula is C30H22ClFN2O2S. The lowest BCUT2D eigenvalue weighted by Gasteiger charge is -2.30. The Balaban J connectivity index is 1.33. The fourth-order valence-electron chi connectivity index (χ4n) is 4.01. The molecule has 184 valence electrons. The highest BCUT2D eigenvalue weighted by molar-refractivity contribution is 8.04. The minimum absolute atomic E-state index is 0.0928. The third-order valence-corrected chi connectivity index (χ3v) is 7.21. The molecule has 4 nitrogen and oxygen atoms in total. The zero-order chi connectivity index (χ0) is 25.8. The first-order valence-electron chi connectivity index (χ1n) is 11.6. The maximum atomic E-state index is 13.5. The third kappa shape index (κ3) is 5.93. The van der Waals surface area contributed by atoms with Crippen LogP contribution in [0.3, 0.4) is 0 Å². The van der Waals surface area contributed by atoms with E-state index in [9.17, 15) is 14.0 Å². The van der Waals surface area contributed by atoms with Crippen molar-refractivity contribution in [1.29, 1.82) is 0 Å².